The number of aromatic amines is 1. The van der Waals surface area contributed by atoms with E-state index in [1.807, 2.05) is 29.8 Å². The Morgan fingerprint density at radius 2 is 2.19 bits per heavy atom. The van der Waals surface area contributed by atoms with Crippen LogP contribution in [0.15, 0.2) is 30.5 Å². The third kappa shape index (κ3) is 2.78. The molecule has 8 nitrogen and oxygen atoms in total. The maximum atomic E-state index is 11.9. The van der Waals surface area contributed by atoms with E-state index in [0.29, 0.717) is 28.5 Å². The van der Waals surface area contributed by atoms with E-state index < -0.39 is 0 Å². The van der Waals surface area contributed by atoms with Gasteiger partial charge in [0.15, 0.2) is 28.3 Å². The maximum Gasteiger partial charge on any atom is 0.277 e. The molecule has 0 spiro atoms. The highest BCUT2D eigenvalue weighted by atomic mass is 35.5. The summed E-state index contributed by atoms with van der Waals surface area (Å²) in [6, 6.07) is 7.54. The van der Waals surface area contributed by atoms with Crippen molar-refractivity contribution in [1.82, 2.24) is 19.5 Å². The quantitative estimate of drug-likeness (QED) is 0.407. The molecule has 3 heterocycles. The molecule has 0 aliphatic carbocycles. The molecule has 0 fully saturated rings. The minimum atomic E-state index is 0.196. The van der Waals surface area contributed by atoms with Crippen molar-refractivity contribution in [2.75, 3.05) is 10.6 Å². The molecule has 3 N–H and O–H groups in total. The summed E-state index contributed by atoms with van der Waals surface area (Å²) < 4.78 is 4.17. The Bertz CT molecular complexity index is 1160. The lowest BCUT2D eigenvalue weighted by Crippen LogP contribution is -2.38. The number of amides is 1. The average Bonchev–Trinajstić information content (AvgIpc) is 3.21. The second-order valence-electron chi connectivity index (χ2n) is 6.23. The van der Waals surface area contributed by atoms with Gasteiger partial charge in [0, 0.05) is 17.3 Å². The van der Waals surface area contributed by atoms with Crippen LogP contribution in [0, 0.1) is 0 Å². The van der Waals surface area contributed by atoms with Crippen LogP contribution >= 0.6 is 11.6 Å². The Balaban J connectivity index is 1.82. The predicted molar refractivity (Wildman–Crippen MR) is 104 cm³/mol. The lowest BCUT2D eigenvalue weighted by atomic mass is 10.3. The normalized spacial score (nSPS) is 11.4. The van der Waals surface area contributed by atoms with Crippen LogP contribution in [0.25, 0.3) is 22.2 Å². The summed E-state index contributed by atoms with van der Waals surface area (Å²) in [5.74, 6) is 1.46. The number of anilines is 2. The molecule has 1 amide bonds. The lowest BCUT2D eigenvalue weighted by Gasteiger charge is -2.16. The summed E-state index contributed by atoms with van der Waals surface area (Å²) >= 11 is 6.18. The van der Waals surface area contributed by atoms with Crippen LogP contribution in [0.1, 0.15) is 12.7 Å². The molecule has 4 rings (SSSR count). The minimum Gasteiger partial charge on any atom is -0.381 e. The molecule has 0 radical (unpaired) electrons. The summed E-state index contributed by atoms with van der Waals surface area (Å²) in [5, 5.41) is 0.669. The van der Waals surface area contributed by atoms with Gasteiger partial charge in [0.25, 0.3) is 5.82 Å². The van der Waals surface area contributed by atoms with E-state index in [4.69, 9.17) is 17.3 Å². The first-order valence-corrected chi connectivity index (χ1v) is 8.90. The zero-order chi connectivity index (χ0) is 19.1. The van der Waals surface area contributed by atoms with Crippen molar-refractivity contribution in [1.29, 1.82) is 0 Å². The van der Waals surface area contributed by atoms with Crippen LogP contribution in [-0.2, 0) is 24.9 Å². The Morgan fingerprint density at radius 3 is 2.93 bits per heavy atom. The predicted octanol–water partition coefficient (Wildman–Crippen LogP) is 2.16. The van der Waals surface area contributed by atoms with Gasteiger partial charge in [-0.3, -0.25) is 9.69 Å². The SMILES string of the molecule is CCn1c(CN(C=O)c2nc3cc[nH]c3nc2N)[n+](C)c2ccc(Cl)cc21. The number of nitrogens with zero attached hydrogens (tertiary/aromatic N) is 5. The smallest absolute Gasteiger partial charge is 0.277 e. The molecule has 0 aliphatic heterocycles. The van der Waals surface area contributed by atoms with Crippen LogP contribution in [0.2, 0.25) is 5.02 Å². The van der Waals surface area contributed by atoms with E-state index in [0.717, 1.165) is 29.8 Å². The van der Waals surface area contributed by atoms with Gasteiger partial charge in [-0.05, 0) is 25.1 Å². The molecule has 0 saturated heterocycles. The number of H-pyrrole nitrogens is 1. The fourth-order valence-corrected chi connectivity index (χ4v) is 3.57. The molecule has 4 aromatic rings. The standard InChI is InChI=1S/C18H19ClN7O/c1-3-26-14-8-11(19)4-5-13(14)24(2)15(26)9-25(10-27)18-16(20)23-17-12(22-18)6-7-21-17/h4-8,10H,3,9H2,1-2H3,(H3,20,21,23)/q+1. The molecular weight excluding hydrogens is 366 g/mol. The largest absolute Gasteiger partial charge is 0.381 e. The molecule has 9 heteroatoms. The fourth-order valence-electron chi connectivity index (χ4n) is 3.40. The molecule has 3 aromatic heterocycles. The molecule has 0 aliphatic rings. The number of fused-ring (bicyclic) bond motifs is 2. The number of hydrogen-bond donors (Lipinski definition) is 2. The summed E-state index contributed by atoms with van der Waals surface area (Å²) in [6.45, 7) is 3.09. The molecule has 0 saturated carbocycles. The number of aryl methyl sites for hydroxylation is 2. The number of carbonyl (C=O) groups is 1. The van der Waals surface area contributed by atoms with E-state index in [1.54, 1.807) is 12.3 Å². The van der Waals surface area contributed by atoms with Gasteiger partial charge in [0.2, 0.25) is 6.41 Å². The van der Waals surface area contributed by atoms with Crippen molar-refractivity contribution in [2.24, 2.45) is 7.05 Å². The third-order valence-electron chi connectivity index (χ3n) is 4.71. The first-order chi connectivity index (χ1) is 13.0. The molecule has 0 unspecified atom stereocenters. The zero-order valence-corrected chi connectivity index (χ0v) is 15.7. The van der Waals surface area contributed by atoms with E-state index in [9.17, 15) is 4.79 Å². The van der Waals surface area contributed by atoms with Gasteiger partial charge < -0.3 is 10.7 Å². The van der Waals surface area contributed by atoms with Crippen molar-refractivity contribution >= 4 is 51.8 Å². The zero-order valence-electron chi connectivity index (χ0n) is 15.0. The van der Waals surface area contributed by atoms with Crippen molar-refractivity contribution in [3.63, 3.8) is 0 Å². The first-order valence-electron chi connectivity index (χ1n) is 8.52. The number of carbonyl (C=O) groups excluding carboxylic acids is 1. The van der Waals surface area contributed by atoms with Gasteiger partial charge in [0.1, 0.15) is 12.1 Å². The van der Waals surface area contributed by atoms with Gasteiger partial charge in [-0.25, -0.2) is 19.1 Å². The second-order valence-corrected chi connectivity index (χ2v) is 6.67. The highest BCUT2D eigenvalue weighted by Crippen LogP contribution is 2.24. The molecule has 0 bridgehead atoms. The van der Waals surface area contributed by atoms with Crippen LogP contribution in [0.4, 0.5) is 11.6 Å². The van der Waals surface area contributed by atoms with E-state index in [1.165, 1.54) is 4.90 Å². The number of imidazole rings is 1. The van der Waals surface area contributed by atoms with Crippen LogP contribution in [0.3, 0.4) is 0 Å². The first kappa shape index (κ1) is 17.3. The minimum absolute atomic E-state index is 0.196. The van der Waals surface area contributed by atoms with Crippen molar-refractivity contribution < 1.29 is 9.36 Å². The maximum absolute atomic E-state index is 11.9. The summed E-state index contributed by atoms with van der Waals surface area (Å²) in [4.78, 5) is 25.1. The summed E-state index contributed by atoms with van der Waals surface area (Å²) in [6.07, 6.45) is 2.46. The Labute approximate surface area is 160 Å². The molecule has 138 valence electrons. The van der Waals surface area contributed by atoms with Crippen molar-refractivity contribution in [2.45, 2.75) is 20.0 Å². The average molecular weight is 385 g/mol. The van der Waals surface area contributed by atoms with Gasteiger partial charge in [-0.1, -0.05) is 11.6 Å². The summed E-state index contributed by atoms with van der Waals surface area (Å²) in [7, 11) is 1.96. The number of rotatable bonds is 5. The van der Waals surface area contributed by atoms with E-state index >= 15 is 0 Å². The molecule has 1 aromatic carbocycles. The van der Waals surface area contributed by atoms with Crippen molar-refractivity contribution in [3.8, 4) is 0 Å². The Hall–Kier alpha value is -3.13. The highest BCUT2D eigenvalue weighted by Gasteiger charge is 2.26. The van der Waals surface area contributed by atoms with E-state index in [-0.39, 0.29) is 5.82 Å². The highest BCUT2D eigenvalue weighted by molar-refractivity contribution is 6.31. The van der Waals surface area contributed by atoms with E-state index in [2.05, 4.69) is 26.4 Å². The van der Waals surface area contributed by atoms with Gasteiger partial charge >= 0.3 is 0 Å². The number of hydrogen-bond acceptors (Lipinski definition) is 4. The number of nitrogen functional groups attached to an aromatic ring is 1. The topological polar surface area (TPSA) is 96.7 Å². The Morgan fingerprint density at radius 1 is 1.37 bits per heavy atom. The second kappa shape index (κ2) is 6.55. The number of nitrogens with one attached hydrogen (secondary N) is 1. The van der Waals surface area contributed by atoms with Gasteiger partial charge in [-0.15, -0.1) is 0 Å². The monoisotopic (exact) mass is 384 g/mol. The number of nitrogens with two attached hydrogens (primary N) is 1. The van der Waals surface area contributed by atoms with Crippen molar-refractivity contribution in [3.05, 3.63) is 41.3 Å². The van der Waals surface area contributed by atoms with Crippen LogP contribution in [0.5, 0.6) is 0 Å². The number of benzene rings is 1. The number of halogens is 1. The Kier molecular flexibility index (Phi) is 4.19. The van der Waals surface area contributed by atoms with Crippen LogP contribution in [-0.4, -0.2) is 25.9 Å². The van der Waals surface area contributed by atoms with Crippen LogP contribution < -0.4 is 15.2 Å². The third-order valence-corrected chi connectivity index (χ3v) is 4.94. The number of aromatic nitrogens is 5. The molecular formula is C18H19ClN7O+. The van der Waals surface area contributed by atoms with Gasteiger partial charge in [-0.2, -0.15) is 0 Å². The summed E-state index contributed by atoms with van der Waals surface area (Å²) in [5.41, 5.74) is 9.33. The van der Waals surface area contributed by atoms with Gasteiger partial charge in [0.05, 0.1) is 13.6 Å². The molecule has 0 atom stereocenters. The molecule has 27 heavy (non-hydrogen) atoms. The fraction of sp³-hybridized carbons (Fsp3) is 0.222. The lowest BCUT2D eigenvalue weighted by molar-refractivity contribution is -0.653.